The molecule has 1 fully saturated rings. The lowest BCUT2D eigenvalue weighted by atomic mass is 10.2. The van der Waals surface area contributed by atoms with Crippen LogP contribution in [0.4, 0.5) is 0 Å². The van der Waals surface area contributed by atoms with Crippen molar-refractivity contribution in [3.05, 3.63) is 48.7 Å². The predicted octanol–water partition coefficient (Wildman–Crippen LogP) is 1.75. The van der Waals surface area contributed by atoms with Crippen LogP contribution in [0, 0.1) is 0 Å². The van der Waals surface area contributed by atoms with Gasteiger partial charge in [0.05, 0.1) is 23.6 Å². The number of hydrogen-bond donors (Lipinski definition) is 0. The molecule has 0 radical (unpaired) electrons. The number of hydrogen-bond acceptors (Lipinski definition) is 6. The lowest BCUT2D eigenvalue weighted by Gasteiger charge is -2.14. The van der Waals surface area contributed by atoms with E-state index in [9.17, 15) is 0 Å². The maximum atomic E-state index is 5.71. The van der Waals surface area contributed by atoms with Gasteiger partial charge in [-0.15, -0.1) is 15.3 Å². The summed E-state index contributed by atoms with van der Waals surface area (Å²) in [6.07, 6.45) is 7.22. The van der Waals surface area contributed by atoms with E-state index < -0.39 is 0 Å². The van der Waals surface area contributed by atoms with Crippen LogP contribution >= 0.6 is 0 Å². The molecule has 1 aliphatic carbocycles. The minimum atomic E-state index is -0.331. The molecule has 0 aliphatic heterocycles. The summed E-state index contributed by atoms with van der Waals surface area (Å²) in [7, 11) is 1.72. The Morgan fingerprint density at radius 1 is 1.12 bits per heavy atom. The third-order valence-electron chi connectivity index (χ3n) is 5.20. The number of methoxy groups -OCH3 is 1. The SMILES string of the molecule is COC1(c2cnnn2-c2nnc3c4ccccc4n4cncc4n23)CC1. The Labute approximate surface area is 146 Å². The Morgan fingerprint density at radius 3 is 2.85 bits per heavy atom. The fourth-order valence-corrected chi connectivity index (χ4v) is 3.68. The summed E-state index contributed by atoms with van der Waals surface area (Å²) in [5.41, 5.74) is 3.21. The summed E-state index contributed by atoms with van der Waals surface area (Å²) in [6, 6.07) is 8.07. The average molecular weight is 346 g/mol. The number of nitrogens with zero attached hydrogens (tertiary/aromatic N) is 8. The lowest BCUT2D eigenvalue weighted by Crippen LogP contribution is -2.17. The second kappa shape index (κ2) is 4.64. The van der Waals surface area contributed by atoms with E-state index >= 15 is 0 Å². The molecule has 1 saturated carbocycles. The van der Waals surface area contributed by atoms with Crippen molar-refractivity contribution in [3.8, 4) is 5.95 Å². The van der Waals surface area contributed by atoms with Crippen molar-refractivity contribution in [3.63, 3.8) is 0 Å². The van der Waals surface area contributed by atoms with Gasteiger partial charge in [0.25, 0.3) is 5.95 Å². The van der Waals surface area contributed by atoms with Crippen LogP contribution in [0.15, 0.2) is 43.0 Å². The fourth-order valence-electron chi connectivity index (χ4n) is 3.68. The number of aromatic nitrogens is 8. The van der Waals surface area contributed by atoms with E-state index in [0.29, 0.717) is 5.95 Å². The second-order valence-corrected chi connectivity index (χ2v) is 6.53. The van der Waals surface area contributed by atoms with E-state index in [1.54, 1.807) is 30.5 Å². The topological polar surface area (TPSA) is 87.4 Å². The van der Waals surface area contributed by atoms with E-state index in [-0.39, 0.29) is 5.60 Å². The maximum Gasteiger partial charge on any atom is 0.259 e. The Kier molecular flexibility index (Phi) is 2.48. The van der Waals surface area contributed by atoms with Gasteiger partial charge in [0.2, 0.25) is 0 Å². The van der Waals surface area contributed by atoms with Gasteiger partial charge >= 0.3 is 0 Å². The van der Waals surface area contributed by atoms with Crippen LogP contribution in [0.3, 0.4) is 0 Å². The first-order chi connectivity index (χ1) is 12.8. The molecule has 0 atom stereocenters. The molecule has 1 aromatic carbocycles. The normalized spacial score (nSPS) is 16.0. The minimum absolute atomic E-state index is 0.331. The average Bonchev–Trinajstić information content (AvgIpc) is 3.09. The summed E-state index contributed by atoms with van der Waals surface area (Å²) in [5.74, 6) is 0.576. The molecule has 26 heavy (non-hydrogen) atoms. The van der Waals surface area contributed by atoms with E-state index in [1.807, 2.05) is 33.1 Å². The molecule has 5 aromatic rings. The first kappa shape index (κ1) is 13.9. The van der Waals surface area contributed by atoms with Gasteiger partial charge in [-0.2, -0.15) is 4.68 Å². The molecular formula is C17H14N8O. The van der Waals surface area contributed by atoms with Gasteiger partial charge in [-0.05, 0) is 25.0 Å². The molecule has 0 unspecified atom stereocenters. The Bertz CT molecular complexity index is 1290. The van der Waals surface area contributed by atoms with Crippen LogP contribution in [0.1, 0.15) is 18.5 Å². The summed E-state index contributed by atoms with van der Waals surface area (Å²) in [4.78, 5) is 4.32. The van der Waals surface area contributed by atoms with Crippen molar-refractivity contribution < 1.29 is 4.74 Å². The summed E-state index contributed by atoms with van der Waals surface area (Å²) in [5, 5.41) is 18.2. The van der Waals surface area contributed by atoms with E-state index in [2.05, 4.69) is 25.5 Å². The number of rotatable bonds is 3. The van der Waals surface area contributed by atoms with Crippen molar-refractivity contribution in [1.29, 1.82) is 0 Å². The minimum Gasteiger partial charge on any atom is -0.372 e. The number of benzene rings is 1. The van der Waals surface area contributed by atoms with Gasteiger partial charge in [0.15, 0.2) is 5.65 Å². The maximum absolute atomic E-state index is 5.71. The van der Waals surface area contributed by atoms with E-state index in [0.717, 1.165) is 40.7 Å². The second-order valence-electron chi connectivity index (χ2n) is 6.53. The third kappa shape index (κ3) is 1.60. The van der Waals surface area contributed by atoms with Crippen LogP contribution in [-0.2, 0) is 10.3 Å². The highest BCUT2D eigenvalue weighted by Gasteiger charge is 2.48. The molecule has 0 spiro atoms. The molecule has 4 aromatic heterocycles. The van der Waals surface area contributed by atoms with E-state index in [4.69, 9.17) is 4.74 Å². The van der Waals surface area contributed by atoms with Gasteiger partial charge < -0.3 is 4.74 Å². The van der Waals surface area contributed by atoms with Crippen LogP contribution in [-0.4, -0.2) is 46.1 Å². The standard InChI is InChI=1S/C17H14N8O/c1-26-17(6-7-17)13-8-19-22-25(13)16-21-20-15-11-4-2-3-5-12(11)23-10-18-9-14(23)24(15)16/h2-5,8-10H,6-7H2,1H3. The summed E-state index contributed by atoms with van der Waals surface area (Å²) < 4.78 is 11.4. The summed E-state index contributed by atoms with van der Waals surface area (Å²) in [6.45, 7) is 0. The molecule has 0 N–H and O–H groups in total. The highest BCUT2D eigenvalue weighted by molar-refractivity contribution is 5.94. The highest BCUT2D eigenvalue weighted by atomic mass is 16.5. The molecule has 6 rings (SSSR count). The smallest absolute Gasteiger partial charge is 0.259 e. The van der Waals surface area contributed by atoms with Crippen LogP contribution in [0.2, 0.25) is 0 Å². The monoisotopic (exact) mass is 346 g/mol. The van der Waals surface area contributed by atoms with Gasteiger partial charge in [0, 0.05) is 12.5 Å². The number of imidazole rings is 1. The van der Waals surface area contributed by atoms with Crippen molar-refractivity contribution in [2.24, 2.45) is 0 Å². The van der Waals surface area contributed by atoms with Crippen molar-refractivity contribution in [2.75, 3.05) is 7.11 Å². The highest BCUT2D eigenvalue weighted by Crippen LogP contribution is 2.48. The van der Waals surface area contributed by atoms with Gasteiger partial charge in [0.1, 0.15) is 17.6 Å². The van der Waals surface area contributed by atoms with Gasteiger partial charge in [-0.25, -0.2) is 9.38 Å². The molecule has 128 valence electrons. The molecule has 1 aliphatic rings. The van der Waals surface area contributed by atoms with Crippen molar-refractivity contribution in [1.82, 2.24) is 39.0 Å². The molecular weight excluding hydrogens is 332 g/mol. The molecule has 0 saturated heterocycles. The Balaban J connectivity index is 1.74. The molecule has 0 amide bonds. The largest absolute Gasteiger partial charge is 0.372 e. The zero-order valence-electron chi connectivity index (χ0n) is 13.9. The molecule has 9 nitrogen and oxygen atoms in total. The van der Waals surface area contributed by atoms with Crippen LogP contribution < -0.4 is 0 Å². The molecule has 9 heteroatoms. The molecule has 4 heterocycles. The predicted molar refractivity (Wildman–Crippen MR) is 92.1 cm³/mol. The van der Waals surface area contributed by atoms with Gasteiger partial charge in [-0.1, -0.05) is 17.3 Å². The van der Waals surface area contributed by atoms with Crippen LogP contribution in [0.25, 0.3) is 28.1 Å². The van der Waals surface area contributed by atoms with Crippen molar-refractivity contribution >= 4 is 22.2 Å². The Morgan fingerprint density at radius 2 is 2.00 bits per heavy atom. The molecule has 0 bridgehead atoms. The first-order valence-corrected chi connectivity index (χ1v) is 8.37. The Hall–Kier alpha value is -3.33. The van der Waals surface area contributed by atoms with Gasteiger partial charge in [-0.3, -0.25) is 4.40 Å². The number of ether oxygens (including phenoxy) is 1. The van der Waals surface area contributed by atoms with E-state index in [1.165, 1.54) is 0 Å². The zero-order valence-corrected chi connectivity index (χ0v) is 13.9. The quantitative estimate of drug-likeness (QED) is 0.494. The summed E-state index contributed by atoms with van der Waals surface area (Å²) >= 11 is 0. The first-order valence-electron chi connectivity index (χ1n) is 8.37. The zero-order chi connectivity index (χ0) is 17.3. The van der Waals surface area contributed by atoms with Crippen LogP contribution in [0.5, 0.6) is 0 Å². The lowest BCUT2D eigenvalue weighted by molar-refractivity contribution is 0.0728. The number of para-hydroxylation sites is 1. The van der Waals surface area contributed by atoms with Crippen molar-refractivity contribution in [2.45, 2.75) is 18.4 Å². The fraction of sp³-hybridized carbons (Fsp3) is 0.235. The third-order valence-corrected chi connectivity index (χ3v) is 5.20. The number of fused-ring (bicyclic) bond motifs is 6.